The third kappa shape index (κ3) is 6.66. The highest BCUT2D eigenvalue weighted by molar-refractivity contribution is 5.91. The van der Waals surface area contributed by atoms with Gasteiger partial charge in [-0.2, -0.15) is 0 Å². The molecule has 2 aromatic carbocycles. The summed E-state index contributed by atoms with van der Waals surface area (Å²) in [5.74, 6) is 1.68. The van der Waals surface area contributed by atoms with Crippen LogP contribution in [0.1, 0.15) is 12.0 Å². The number of benzene rings is 2. The summed E-state index contributed by atoms with van der Waals surface area (Å²) in [4.78, 5) is 28.0. The minimum absolute atomic E-state index is 0.146. The topological polar surface area (TPSA) is 92.4 Å². The fourth-order valence-corrected chi connectivity index (χ4v) is 2.44. The largest absolute Gasteiger partial charge is 0.457 e. The molecule has 148 valence electrons. The molecule has 0 fully saturated rings. The van der Waals surface area contributed by atoms with Crippen molar-refractivity contribution in [3.63, 3.8) is 0 Å². The number of hydrogen-bond acceptors (Lipinski definition) is 4. The van der Waals surface area contributed by atoms with Crippen molar-refractivity contribution < 1.29 is 14.3 Å². The van der Waals surface area contributed by atoms with Crippen LogP contribution in [0.25, 0.3) is 0 Å². The Morgan fingerprint density at radius 2 is 1.62 bits per heavy atom. The van der Waals surface area contributed by atoms with E-state index < -0.39 is 0 Å². The van der Waals surface area contributed by atoms with Crippen molar-refractivity contribution in [1.82, 2.24) is 10.3 Å². The van der Waals surface area contributed by atoms with E-state index in [0.717, 1.165) is 11.3 Å². The maximum absolute atomic E-state index is 12.0. The van der Waals surface area contributed by atoms with E-state index in [2.05, 4.69) is 20.9 Å². The lowest BCUT2D eigenvalue weighted by Crippen LogP contribution is -2.31. The van der Waals surface area contributed by atoms with Gasteiger partial charge in [0.2, 0.25) is 5.91 Å². The zero-order valence-corrected chi connectivity index (χ0v) is 16.0. The normalized spacial score (nSPS) is 10.1. The van der Waals surface area contributed by atoms with E-state index in [1.807, 2.05) is 43.3 Å². The molecule has 0 aliphatic carbocycles. The lowest BCUT2D eigenvalue weighted by Gasteiger charge is -2.09. The van der Waals surface area contributed by atoms with Crippen molar-refractivity contribution in [3.8, 4) is 11.5 Å². The third-order valence-corrected chi connectivity index (χ3v) is 3.91. The molecule has 0 aliphatic heterocycles. The Kier molecular flexibility index (Phi) is 6.78. The zero-order chi connectivity index (χ0) is 20.5. The molecule has 0 saturated carbocycles. The Hall–Kier alpha value is -3.87. The summed E-state index contributed by atoms with van der Waals surface area (Å²) in [6.07, 6.45) is 1.82. The second-order valence-electron chi connectivity index (χ2n) is 6.34. The molecule has 3 rings (SSSR count). The number of urea groups is 1. The van der Waals surface area contributed by atoms with Crippen molar-refractivity contribution in [2.24, 2.45) is 0 Å². The number of nitrogens with zero attached hydrogens (tertiary/aromatic N) is 1. The quantitative estimate of drug-likeness (QED) is 0.560. The summed E-state index contributed by atoms with van der Waals surface area (Å²) in [6, 6.07) is 19.7. The first kappa shape index (κ1) is 19.9. The van der Waals surface area contributed by atoms with Crippen molar-refractivity contribution in [1.29, 1.82) is 0 Å². The summed E-state index contributed by atoms with van der Waals surface area (Å²) >= 11 is 0. The van der Waals surface area contributed by atoms with Gasteiger partial charge in [0.25, 0.3) is 0 Å². The van der Waals surface area contributed by atoms with Crippen molar-refractivity contribution in [2.75, 3.05) is 17.2 Å². The molecule has 0 radical (unpaired) electrons. The highest BCUT2D eigenvalue weighted by atomic mass is 16.5. The number of carbonyl (C=O) groups is 2. The van der Waals surface area contributed by atoms with Crippen LogP contribution in [0.3, 0.4) is 0 Å². The van der Waals surface area contributed by atoms with Crippen LogP contribution in [0.15, 0.2) is 72.9 Å². The number of ether oxygens (including phenoxy) is 1. The number of amides is 3. The molecule has 7 heteroatoms. The van der Waals surface area contributed by atoms with E-state index in [1.54, 1.807) is 36.5 Å². The molecule has 7 nitrogen and oxygen atoms in total. The summed E-state index contributed by atoms with van der Waals surface area (Å²) in [7, 11) is 0. The molecule has 0 bridgehead atoms. The Balaban J connectivity index is 1.38. The van der Waals surface area contributed by atoms with Gasteiger partial charge in [-0.25, -0.2) is 9.78 Å². The van der Waals surface area contributed by atoms with Gasteiger partial charge in [-0.15, -0.1) is 0 Å². The van der Waals surface area contributed by atoms with E-state index in [-0.39, 0.29) is 24.9 Å². The minimum atomic E-state index is -0.386. The number of rotatable bonds is 7. The number of para-hydroxylation sites is 1. The first-order valence-electron chi connectivity index (χ1n) is 9.19. The standard InChI is InChI=1S/C22H22N4O3/c1-16-7-12-20(24-15-16)26-21(27)13-14-23-22(28)25-17-8-10-19(11-9-17)29-18-5-3-2-4-6-18/h2-12,15H,13-14H2,1H3,(H2,23,25,28)(H,24,26,27). The number of aryl methyl sites for hydroxylation is 1. The van der Waals surface area contributed by atoms with Crippen molar-refractivity contribution in [2.45, 2.75) is 13.3 Å². The van der Waals surface area contributed by atoms with Crippen molar-refractivity contribution in [3.05, 3.63) is 78.5 Å². The molecule has 0 aliphatic rings. The Morgan fingerprint density at radius 1 is 0.897 bits per heavy atom. The number of anilines is 2. The van der Waals surface area contributed by atoms with Gasteiger partial charge in [0, 0.05) is 24.8 Å². The summed E-state index contributed by atoms with van der Waals surface area (Å²) < 4.78 is 5.71. The first-order chi connectivity index (χ1) is 14.1. The average molecular weight is 390 g/mol. The number of carbonyl (C=O) groups excluding carboxylic acids is 2. The van der Waals surface area contributed by atoms with Gasteiger partial charge in [-0.1, -0.05) is 24.3 Å². The Bertz CT molecular complexity index is 942. The monoisotopic (exact) mass is 390 g/mol. The van der Waals surface area contributed by atoms with Crippen LogP contribution in [0, 0.1) is 6.92 Å². The van der Waals surface area contributed by atoms with Gasteiger partial charge in [0.15, 0.2) is 0 Å². The van der Waals surface area contributed by atoms with Crippen LogP contribution < -0.4 is 20.7 Å². The third-order valence-electron chi connectivity index (χ3n) is 3.91. The molecule has 3 amide bonds. The summed E-state index contributed by atoms with van der Waals surface area (Å²) in [6.45, 7) is 2.13. The molecule has 1 heterocycles. The van der Waals surface area contributed by atoms with E-state index in [4.69, 9.17) is 4.74 Å². The highest BCUT2D eigenvalue weighted by Crippen LogP contribution is 2.22. The SMILES string of the molecule is Cc1ccc(NC(=O)CCNC(=O)Nc2ccc(Oc3ccccc3)cc2)nc1. The Morgan fingerprint density at radius 3 is 2.31 bits per heavy atom. The fraction of sp³-hybridized carbons (Fsp3) is 0.136. The molecule has 3 aromatic rings. The van der Waals surface area contributed by atoms with Crippen LogP contribution in [0.5, 0.6) is 11.5 Å². The predicted molar refractivity (Wildman–Crippen MR) is 112 cm³/mol. The second kappa shape index (κ2) is 9.89. The molecule has 0 unspecified atom stereocenters. The van der Waals surface area contributed by atoms with Crippen LogP contribution in [-0.4, -0.2) is 23.5 Å². The molecule has 29 heavy (non-hydrogen) atoms. The van der Waals surface area contributed by atoms with Gasteiger partial charge in [-0.05, 0) is 55.0 Å². The molecular weight excluding hydrogens is 368 g/mol. The van der Waals surface area contributed by atoms with Crippen LogP contribution in [0.4, 0.5) is 16.3 Å². The highest BCUT2D eigenvalue weighted by Gasteiger charge is 2.06. The minimum Gasteiger partial charge on any atom is -0.457 e. The molecule has 0 atom stereocenters. The maximum atomic E-state index is 12.0. The lowest BCUT2D eigenvalue weighted by atomic mass is 10.3. The number of hydrogen-bond donors (Lipinski definition) is 3. The van der Waals surface area contributed by atoms with Gasteiger partial charge >= 0.3 is 6.03 Å². The Labute approximate surface area is 169 Å². The molecule has 0 saturated heterocycles. The first-order valence-corrected chi connectivity index (χ1v) is 9.19. The van der Waals surface area contributed by atoms with E-state index in [9.17, 15) is 9.59 Å². The number of aromatic nitrogens is 1. The van der Waals surface area contributed by atoms with E-state index in [1.165, 1.54) is 0 Å². The average Bonchev–Trinajstić information content (AvgIpc) is 2.72. The number of nitrogens with one attached hydrogen (secondary N) is 3. The van der Waals surface area contributed by atoms with Crippen molar-refractivity contribution >= 4 is 23.4 Å². The second-order valence-corrected chi connectivity index (χ2v) is 6.34. The van der Waals surface area contributed by atoms with Gasteiger partial charge in [0.1, 0.15) is 17.3 Å². The van der Waals surface area contributed by atoms with Crippen LogP contribution in [0.2, 0.25) is 0 Å². The van der Waals surface area contributed by atoms with Crippen LogP contribution in [-0.2, 0) is 4.79 Å². The smallest absolute Gasteiger partial charge is 0.319 e. The summed E-state index contributed by atoms with van der Waals surface area (Å²) in [5, 5.41) is 8.04. The van der Waals surface area contributed by atoms with Gasteiger partial charge < -0.3 is 20.7 Å². The summed E-state index contributed by atoms with van der Waals surface area (Å²) in [5.41, 5.74) is 1.64. The molecular formula is C22H22N4O3. The van der Waals surface area contributed by atoms with E-state index in [0.29, 0.717) is 17.3 Å². The molecule has 1 aromatic heterocycles. The molecule has 0 spiro atoms. The van der Waals surface area contributed by atoms with Gasteiger partial charge in [0.05, 0.1) is 0 Å². The predicted octanol–water partition coefficient (Wildman–Crippen LogP) is 4.33. The molecule has 3 N–H and O–H groups in total. The maximum Gasteiger partial charge on any atom is 0.319 e. The van der Waals surface area contributed by atoms with E-state index >= 15 is 0 Å². The number of pyridine rings is 1. The lowest BCUT2D eigenvalue weighted by molar-refractivity contribution is -0.116. The van der Waals surface area contributed by atoms with Gasteiger partial charge in [-0.3, -0.25) is 4.79 Å². The zero-order valence-electron chi connectivity index (χ0n) is 16.0. The fourth-order valence-electron chi connectivity index (χ4n) is 2.44. The van der Waals surface area contributed by atoms with Crippen LogP contribution >= 0.6 is 0 Å².